The van der Waals surface area contributed by atoms with Gasteiger partial charge in [0.05, 0.1) is 38.1 Å². The molecule has 6 heteroatoms. The molecule has 1 unspecified atom stereocenters. The van der Waals surface area contributed by atoms with Crippen LogP contribution < -0.4 is 15.8 Å². The summed E-state index contributed by atoms with van der Waals surface area (Å²) in [6, 6.07) is 5.54. The quantitative estimate of drug-likeness (QED) is 0.730. The van der Waals surface area contributed by atoms with Crippen LogP contribution in [0, 0.1) is 6.92 Å². The van der Waals surface area contributed by atoms with Crippen LogP contribution in [0.5, 0.6) is 5.75 Å². The van der Waals surface area contributed by atoms with Crippen molar-refractivity contribution in [2.45, 2.75) is 19.4 Å². The van der Waals surface area contributed by atoms with Gasteiger partial charge in [-0.25, -0.2) is 0 Å². The summed E-state index contributed by atoms with van der Waals surface area (Å²) in [5.41, 5.74) is 7.04. The molecule has 1 aliphatic rings. The lowest BCUT2D eigenvalue weighted by Gasteiger charge is -2.23. The predicted molar refractivity (Wildman–Crippen MR) is 83.2 cm³/mol. The van der Waals surface area contributed by atoms with E-state index in [4.69, 9.17) is 19.9 Å². The van der Waals surface area contributed by atoms with Crippen molar-refractivity contribution in [1.29, 1.82) is 0 Å². The zero-order chi connectivity index (χ0) is 15.8. The number of nitrogens with one attached hydrogen (secondary N) is 1. The molecule has 0 radical (unpaired) electrons. The van der Waals surface area contributed by atoms with Gasteiger partial charge in [0.1, 0.15) is 5.75 Å². The van der Waals surface area contributed by atoms with Gasteiger partial charge in [0.15, 0.2) is 0 Å². The first-order valence-electron chi connectivity index (χ1n) is 7.61. The van der Waals surface area contributed by atoms with E-state index in [1.807, 2.05) is 19.1 Å². The molecule has 0 spiro atoms. The van der Waals surface area contributed by atoms with Gasteiger partial charge in [0.2, 0.25) is 0 Å². The first-order chi connectivity index (χ1) is 10.7. The van der Waals surface area contributed by atoms with Gasteiger partial charge in [-0.3, -0.25) is 4.79 Å². The van der Waals surface area contributed by atoms with Gasteiger partial charge in [-0.15, -0.1) is 0 Å². The SMILES string of the molecule is Cc1ccc(C(=O)NCC2COCCO2)c(OCCCN)c1. The number of nitrogens with two attached hydrogens (primary N) is 1. The van der Waals surface area contributed by atoms with Crippen LogP contribution in [0.15, 0.2) is 18.2 Å². The van der Waals surface area contributed by atoms with Crippen LogP contribution in [0.3, 0.4) is 0 Å². The Labute approximate surface area is 130 Å². The molecule has 0 aromatic heterocycles. The van der Waals surface area contributed by atoms with Crippen LogP contribution in [-0.4, -0.2) is 51.5 Å². The molecule has 1 amide bonds. The van der Waals surface area contributed by atoms with Gasteiger partial charge in [-0.2, -0.15) is 0 Å². The number of rotatable bonds is 7. The molecule has 122 valence electrons. The van der Waals surface area contributed by atoms with Crippen LogP contribution in [-0.2, 0) is 9.47 Å². The van der Waals surface area contributed by atoms with Gasteiger partial charge in [-0.1, -0.05) is 6.07 Å². The van der Waals surface area contributed by atoms with E-state index >= 15 is 0 Å². The summed E-state index contributed by atoms with van der Waals surface area (Å²) >= 11 is 0. The van der Waals surface area contributed by atoms with Crippen LogP contribution in [0.4, 0.5) is 0 Å². The number of amides is 1. The summed E-state index contributed by atoms with van der Waals surface area (Å²) < 4.78 is 16.5. The third-order valence-corrected chi connectivity index (χ3v) is 3.36. The van der Waals surface area contributed by atoms with Crippen LogP contribution in [0.1, 0.15) is 22.3 Å². The molecule has 1 fully saturated rings. The molecular weight excluding hydrogens is 284 g/mol. The van der Waals surface area contributed by atoms with E-state index in [1.165, 1.54) is 0 Å². The second kappa shape index (κ2) is 8.73. The minimum atomic E-state index is -0.170. The average molecular weight is 308 g/mol. The third-order valence-electron chi connectivity index (χ3n) is 3.36. The van der Waals surface area contributed by atoms with Crippen LogP contribution in [0.25, 0.3) is 0 Å². The normalized spacial score (nSPS) is 18.0. The smallest absolute Gasteiger partial charge is 0.255 e. The van der Waals surface area contributed by atoms with Gasteiger partial charge in [0.25, 0.3) is 5.91 Å². The number of aryl methyl sites for hydroxylation is 1. The summed E-state index contributed by atoms with van der Waals surface area (Å²) in [5.74, 6) is 0.420. The van der Waals surface area contributed by atoms with Gasteiger partial charge >= 0.3 is 0 Å². The topological polar surface area (TPSA) is 82.8 Å². The number of carbonyl (C=O) groups is 1. The highest BCUT2D eigenvalue weighted by Gasteiger charge is 2.18. The molecule has 1 saturated heterocycles. The lowest BCUT2D eigenvalue weighted by atomic mass is 10.1. The largest absolute Gasteiger partial charge is 0.493 e. The maximum atomic E-state index is 12.3. The Morgan fingerprint density at radius 1 is 1.45 bits per heavy atom. The minimum absolute atomic E-state index is 0.0928. The Morgan fingerprint density at radius 2 is 2.32 bits per heavy atom. The van der Waals surface area contributed by atoms with Gasteiger partial charge < -0.3 is 25.3 Å². The first kappa shape index (κ1) is 16.7. The van der Waals surface area contributed by atoms with Gasteiger partial charge in [-0.05, 0) is 37.6 Å². The molecule has 22 heavy (non-hydrogen) atoms. The highest BCUT2D eigenvalue weighted by atomic mass is 16.6. The van der Waals surface area contributed by atoms with Crippen molar-refractivity contribution in [1.82, 2.24) is 5.32 Å². The number of hydrogen-bond acceptors (Lipinski definition) is 5. The Morgan fingerprint density at radius 3 is 3.05 bits per heavy atom. The number of ether oxygens (including phenoxy) is 3. The molecule has 0 saturated carbocycles. The predicted octanol–water partition coefficient (Wildman–Crippen LogP) is 0.868. The molecule has 6 nitrogen and oxygen atoms in total. The van der Waals surface area contributed by atoms with Gasteiger partial charge in [0, 0.05) is 6.54 Å². The van der Waals surface area contributed by atoms with E-state index < -0.39 is 0 Å². The van der Waals surface area contributed by atoms with E-state index in [0.717, 1.165) is 12.0 Å². The summed E-state index contributed by atoms with van der Waals surface area (Å²) in [7, 11) is 0. The lowest BCUT2D eigenvalue weighted by Crippen LogP contribution is -2.39. The zero-order valence-corrected chi connectivity index (χ0v) is 13.0. The first-order valence-corrected chi connectivity index (χ1v) is 7.61. The molecule has 1 aromatic carbocycles. The van der Waals surface area contributed by atoms with E-state index in [2.05, 4.69) is 5.32 Å². The molecule has 0 aliphatic carbocycles. The number of carbonyl (C=O) groups excluding carboxylic acids is 1. The van der Waals surface area contributed by atoms with Crippen LogP contribution >= 0.6 is 0 Å². The minimum Gasteiger partial charge on any atom is -0.493 e. The number of hydrogen-bond donors (Lipinski definition) is 2. The molecule has 0 bridgehead atoms. The van der Waals surface area contributed by atoms with Crippen molar-refractivity contribution in [2.75, 3.05) is 39.5 Å². The highest BCUT2D eigenvalue weighted by Crippen LogP contribution is 2.20. The van der Waals surface area contributed by atoms with E-state index in [1.54, 1.807) is 6.07 Å². The molecule has 1 aromatic rings. The van der Waals surface area contributed by atoms with Crippen LogP contribution in [0.2, 0.25) is 0 Å². The monoisotopic (exact) mass is 308 g/mol. The van der Waals surface area contributed by atoms with Crippen molar-refractivity contribution in [3.63, 3.8) is 0 Å². The van der Waals surface area contributed by atoms with E-state index in [-0.39, 0.29) is 12.0 Å². The Hall–Kier alpha value is -1.63. The molecular formula is C16H24N2O4. The van der Waals surface area contributed by atoms with Crippen molar-refractivity contribution < 1.29 is 19.0 Å². The van der Waals surface area contributed by atoms with Crippen molar-refractivity contribution in [3.05, 3.63) is 29.3 Å². The Bertz CT molecular complexity index is 487. The molecule has 3 N–H and O–H groups in total. The second-order valence-electron chi connectivity index (χ2n) is 5.27. The summed E-state index contributed by atoms with van der Waals surface area (Å²) in [6.45, 7) is 5.14. The van der Waals surface area contributed by atoms with Crippen molar-refractivity contribution in [2.24, 2.45) is 5.73 Å². The third kappa shape index (κ3) is 4.98. The van der Waals surface area contributed by atoms with Crippen molar-refractivity contribution >= 4 is 5.91 Å². The fraction of sp³-hybridized carbons (Fsp3) is 0.562. The maximum Gasteiger partial charge on any atom is 0.255 e. The zero-order valence-electron chi connectivity index (χ0n) is 13.0. The molecule has 2 rings (SSSR count). The maximum absolute atomic E-state index is 12.3. The summed E-state index contributed by atoms with van der Waals surface area (Å²) in [4.78, 5) is 12.3. The fourth-order valence-electron chi connectivity index (χ4n) is 2.16. The Balaban J connectivity index is 1.95. The van der Waals surface area contributed by atoms with E-state index in [0.29, 0.717) is 50.8 Å². The number of benzene rings is 1. The standard InChI is InChI=1S/C16H24N2O4/c1-12-3-4-14(15(9-12)22-6-2-5-17)16(19)18-10-13-11-20-7-8-21-13/h3-4,9,13H,2,5-8,10-11,17H2,1H3,(H,18,19). The average Bonchev–Trinajstić information content (AvgIpc) is 2.54. The fourth-order valence-corrected chi connectivity index (χ4v) is 2.16. The molecule has 1 heterocycles. The summed E-state index contributed by atoms with van der Waals surface area (Å²) in [6.07, 6.45) is 0.659. The lowest BCUT2D eigenvalue weighted by molar-refractivity contribution is -0.0855. The Kier molecular flexibility index (Phi) is 6.64. The highest BCUT2D eigenvalue weighted by molar-refractivity contribution is 5.97. The molecule has 1 aliphatic heterocycles. The summed E-state index contributed by atoms with van der Waals surface area (Å²) in [5, 5.41) is 2.87. The van der Waals surface area contributed by atoms with Crippen molar-refractivity contribution in [3.8, 4) is 5.75 Å². The van der Waals surface area contributed by atoms with E-state index in [9.17, 15) is 4.79 Å². The second-order valence-corrected chi connectivity index (χ2v) is 5.27. The molecule has 1 atom stereocenters.